The third kappa shape index (κ3) is 4.04. The lowest BCUT2D eigenvalue weighted by atomic mass is 10.1. The maximum Gasteiger partial charge on any atom is 0.339 e. The summed E-state index contributed by atoms with van der Waals surface area (Å²) < 4.78 is 32.0. The molecule has 0 aliphatic carbocycles. The predicted octanol–water partition coefficient (Wildman–Crippen LogP) is 4.08. The number of rotatable bonds is 6. The SMILES string of the molecule is COC(=O)c1ccccc1Nc1ccc(NS(=O)(=O)c2cccs2)cc1. The van der Waals surface area contributed by atoms with Crippen molar-refractivity contribution in [2.75, 3.05) is 17.1 Å². The van der Waals surface area contributed by atoms with Crippen molar-refractivity contribution in [3.8, 4) is 0 Å². The van der Waals surface area contributed by atoms with E-state index < -0.39 is 16.0 Å². The smallest absolute Gasteiger partial charge is 0.339 e. The molecule has 0 saturated heterocycles. The van der Waals surface area contributed by atoms with Crippen LogP contribution >= 0.6 is 11.3 Å². The summed E-state index contributed by atoms with van der Waals surface area (Å²) in [6.07, 6.45) is 0. The standard InChI is InChI=1S/C18H16N2O4S2/c1-24-18(21)15-5-2-3-6-16(15)19-13-8-10-14(11-9-13)20-26(22,23)17-7-4-12-25-17/h2-12,19-20H,1H3. The van der Waals surface area contributed by atoms with Gasteiger partial charge >= 0.3 is 5.97 Å². The zero-order valence-electron chi connectivity index (χ0n) is 13.8. The molecule has 1 aromatic heterocycles. The number of para-hydroxylation sites is 1. The average molecular weight is 388 g/mol. The van der Waals surface area contributed by atoms with Gasteiger partial charge in [-0.05, 0) is 47.8 Å². The summed E-state index contributed by atoms with van der Waals surface area (Å²) in [5.41, 5.74) is 2.18. The Balaban J connectivity index is 1.76. The molecule has 134 valence electrons. The highest BCUT2D eigenvalue weighted by Crippen LogP contribution is 2.24. The molecule has 0 spiro atoms. The molecule has 26 heavy (non-hydrogen) atoms. The molecule has 0 radical (unpaired) electrons. The van der Waals surface area contributed by atoms with Crippen molar-refractivity contribution in [1.29, 1.82) is 0 Å². The summed E-state index contributed by atoms with van der Waals surface area (Å²) in [4.78, 5) is 11.8. The molecule has 0 amide bonds. The van der Waals surface area contributed by atoms with Gasteiger partial charge in [0.15, 0.2) is 0 Å². The van der Waals surface area contributed by atoms with E-state index >= 15 is 0 Å². The zero-order valence-corrected chi connectivity index (χ0v) is 15.4. The third-order valence-corrected chi connectivity index (χ3v) is 6.29. The number of ether oxygens (including phenoxy) is 1. The molecule has 2 N–H and O–H groups in total. The lowest BCUT2D eigenvalue weighted by Gasteiger charge is -2.12. The van der Waals surface area contributed by atoms with Crippen molar-refractivity contribution in [3.63, 3.8) is 0 Å². The summed E-state index contributed by atoms with van der Waals surface area (Å²) in [5.74, 6) is -0.437. The highest BCUT2D eigenvalue weighted by Gasteiger charge is 2.15. The summed E-state index contributed by atoms with van der Waals surface area (Å²) >= 11 is 1.15. The molecule has 0 fully saturated rings. The molecule has 3 rings (SSSR count). The number of carbonyl (C=O) groups excluding carboxylic acids is 1. The first-order valence-corrected chi connectivity index (χ1v) is 9.96. The van der Waals surface area contributed by atoms with Crippen LogP contribution < -0.4 is 10.0 Å². The summed E-state index contributed by atoms with van der Waals surface area (Å²) in [6.45, 7) is 0. The minimum atomic E-state index is -3.58. The Bertz CT molecular complexity index is 998. The Morgan fingerprint density at radius 1 is 0.962 bits per heavy atom. The van der Waals surface area contributed by atoms with E-state index in [1.165, 1.54) is 7.11 Å². The molecular weight excluding hydrogens is 372 g/mol. The Morgan fingerprint density at radius 3 is 2.31 bits per heavy atom. The van der Waals surface area contributed by atoms with E-state index in [2.05, 4.69) is 10.0 Å². The van der Waals surface area contributed by atoms with Gasteiger partial charge in [-0.1, -0.05) is 18.2 Å². The number of methoxy groups -OCH3 is 1. The van der Waals surface area contributed by atoms with E-state index in [9.17, 15) is 13.2 Å². The van der Waals surface area contributed by atoms with E-state index in [1.54, 1.807) is 66.0 Å². The Morgan fingerprint density at radius 2 is 1.65 bits per heavy atom. The molecule has 0 aliphatic rings. The molecule has 3 aromatic rings. The van der Waals surface area contributed by atoms with Gasteiger partial charge in [0.1, 0.15) is 4.21 Å². The monoisotopic (exact) mass is 388 g/mol. The highest BCUT2D eigenvalue weighted by atomic mass is 32.2. The van der Waals surface area contributed by atoms with E-state index in [0.717, 1.165) is 11.3 Å². The van der Waals surface area contributed by atoms with Gasteiger partial charge in [-0.3, -0.25) is 4.72 Å². The van der Waals surface area contributed by atoms with Crippen LogP contribution in [0, 0.1) is 0 Å². The van der Waals surface area contributed by atoms with Gasteiger partial charge in [-0.25, -0.2) is 13.2 Å². The van der Waals surface area contributed by atoms with Crippen LogP contribution in [0.1, 0.15) is 10.4 Å². The minimum absolute atomic E-state index is 0.256. The average Bonchev–Trinajstić information content (AvgIpc) is 3.19. The van der Waals surface area contributed by atoms with Crippen LogP contribution in [0.3, 0.4) is 0 Å². The lowest BCUT2D eigenvalue weighted by Crippen LogP contribution is -2.11. The number of nitrogens with one attached hydrogen (secondary N) is 2. The Hall–Kier alpha value is -2.84. The number of esters is 1. The van der Waals surface area contributed by atoms with Gasteiger partial charge in [-0.2, -0.15) is 0 Å². The normalized spacial score (nSPS) is 11.0. The van der Waals surface area contributed by atoms with E-state index in [1.807, 2.05) is 0 Å². The largest absolute Gasteiger partial charge is 0.465 e. The van der Waals surface area contributed by atoms with Crippen molar-refractivity contribution in [2.45, 2.75) is 4.21 Å². The fourth-order valence-electron chi connectivity index (χ4n) is 2.28. The molecule has 2 aromatic carbocycles. The Kier molecular flexibility index (Phi) is 5.24. The molecule has 1 heterocycles. The van der Waals surface area contributed by atoms with Crippen molar-refractivity contribution < 1.29 is 17.9 Å². The summed E-state index contributed by atoms with van der Waals surface area (Å²) in [7, 11) is -2.25. The fourth-order valence-corrected chi connectivity index (χ4v) is 4.33. The van der Waals surface area contributed by atoms with Crippen molar-refractivity contribution >= 4 is 44.4 Å². The van der Waals surface area contributed by atoms with E-state index in [-0.39, 0.29) is 4.21 Å². The van der Waals surface area contributed by atoms with E-state index in [4.69, 9.17) is 4.74 Å². The molecule has 6 nitrogen and oxygen atoms in total. The lowest BCUT2D eigenvalue weighted by molar-refractivity contribution is 0.0602. The zero-order chi connectivity index (χ0) is 18.6. The number of benzene rings is 2. The van der Waals surface area contributed by atoms with Gasteiger partial charge < -0.3 is 10.1 Å². The van der Waals surface area contributed by atoms with E-state index in [0.29, 0.717) is 22.6 Å². The van der Waals surface area contributed by atoms with Crippen molar-refractivity contribution in [3.05, 3.63) is 71.6 Å². The summed E-state index contributed by atoms with van der Waals surface area (Å²) in [5, 5.41) is 4.84. The third-order valence-electron chi connectivity index (χ3n) is 3.51. The fraction of sp³-hybridized carbons (Fsp3) is 0.0556. The van der Waals surface area contributed by atoms with Crippen LogP contribution in [0.2, 0.25) is 0 Å². The molecule has 0 bridgehead atoms. The number of sulfonamides is 1. The van der Waals surface area contributed by atoms with Gasteiger partial charge in [0, 0.05) is 11.4 Å². The van der Waals surface area contributed by atoms with Gasteiger partial charge in [0.2, 0.25) is 0 Å². The maximum absolute atomic E-state index is 12.2. The number of thiophene rings is 1. The molecular formula is C18H16N2O4S2. The quantitative estimate of drug-likeness (QED) is 0.622. The first-order chi connectivity index (χ1) is 12.5. The molecule has 0 saturated carbocycles. The van der Waals surface area contributed by atoms with Crippen LogP contribution in [0.5, 0.6) is 0 Å². The van der Waals surface area contributed by atoms with Crippen LogP contribution in [0.4, 0.5) is 17.1 Å². The number of hydrogen-bond donors (Lipinski definition) is 2. The number of carbonyl (C=O) groups is 1. The number of hydrogen-bond acceptors (Lipinski definition) is 6. The summed E-state index contributed by atoms with van der Waals surface area (Å²) in [6, 6.07) is 17.0. The first-order valence-electron chi connectivity index (χ1n) is 7.60. The molecule has 8 heteroatoms. The molecule has 0 unspecified atom stereocenters. The second kappa shape index (κ2) is 7.59. The molecule has 0 atom stereocenters. The second-order valence-corrected chi connectivity index (χ2v) is 8.13. The topological polar surface area (TPSA) is 84.5 Å². The Labute approximate surface area is 155 Å². The minimum Gasteiger partial charge on any atom is -0.465 e. The number of anilines is 3. The maximum atomic E-state index is 12.2. The van der Waals surface area contributed by atoms with Crippen LogP contribution in [-0.2, 0) is 14.8 Å². The van der Waals surface area contributed by atoms with Crippen LogP contribution in [-0.4, -0.2) is 21.5 Å². The van der Waals surface area contributed by atoms with Crippen molar-refractivity contribution in [1.82, 2.24) is 0 Å². The van der Waals surface area contributed by atoms with Crippen LogP contribution in [0.15, 0.2) is 70.3 Å². The van der Waals surface area contributed by atoms with Gasteiger partial charge in [-0.15, -0.1) is 11.3 Å². The second-order valence-electron chi connectivity index (χ2n) is 5.28. The molecule has 0 aliphatic heterocycles. The van der Waals surface area contributed by atoms with Gasteiger partial charge in [0.25, 0.3) is 10.0 Å². The van der Waals surface area contributed by atoms with Crippen molar-refractivity contribution in [2.24, 2.45) is 0 Å². The van der Waals surface area contributed by atoms with Gasteiger partial charge in [0.05, 0.1) is 18.4 Å². The predicted molar refractivity (Wildman–Crippen MR) is 103 cm³/mol. The van der Waals surface area contributed by atoms with Crippen LogP contribution in [0.25, 0.3) is 0 Å². The first kappa shape index (κ1) is 18.0. The highest BCUT2D eigenvalue weighted by molar-refractivity contribution is 7.94.